The normalized spacial score (nSPS) is 24.0. The number of aliphatic carboxylic acids is 1. The van der Waals surface area contributed by atoms with Gasteiger partial charge in [0.1, 0.15) is 72.5 Å². The van der Waals surface area contributed by atoms with Crippen LogP contribution in [0.5, 0.6) is 0 Å². The van der Waals surface area contributed by atoms with Gasteiger partial charge in [-0.2, -0.15) is 0 Å². The average molecular weight is 1590 g/mol. The fourth-order valence-electron chi connectivity index (χ4n) is 11.8. The van der Waals surface area contributed by atoms with Gasteiger partial charge in [0, 0.05) is 31.7 Å². The minimum absolute atomic E-state index is 0.00691. The third kappa shape index (κ3) is 34.7. The van der Waals surface area contributed by atoms with Crippen LogP contribution in [0.2, 0.25) is 0 Å². The number of guanidine groups is 2. The second kappa shape index (κ2) is 48.9. The molecule has 14 unspecified atom stereocenters. The fraction of sp³-hybridized carbons (Fsp3) is 0.613. The largest absolute Gasteiger partial charge is 0.481 e. The monoisotopic (exact) mass is 1590 g/mol. The quantitative estimate of drug-likeness (QED) is 0.0254. The summed E-state index contributed by atoms with van der Waals surface area (Å²) in [6.45, 7) is 19.5. The van der Waals surface area contributed by atoms with Crippen LogP contribution < -0.4 is 97.8 Å². The van der Waals surface area contributed by atoms with Crippen molar-refractivity contribution >= 4 is 112 Å². The van der Waals surface area contributed by atoms with E-state index in [0.29, 0.717) is 17.5 Å². The third-order valence-electron chi connectivity index (χ3n) is 18.4. The maximum atomic E-state index is 14.9. The number of hydrogen-bond donors (Lipinski definition) is 19. The SMILES string of the molecule is CCC(C)C1NC(=O)C(CC(C)C)NC(=O)C(Cc2ccccc2)NC(=O)CSCC(C(=O)NCC(N)=O)NC(=O)C(CCCN=C(N)N)NC(=O)C(Cc2ccccc2)NC(=O)C(C(C)C)NC(=O)C(CCCN=C(N)N)NC(=O)C(CC(=O)O)NC(=O)C(CC(C)C)NC(=O)C(C(C)CC)NC(=O)C(C(C)C)NC1=O. The van der Waals surface area contributed by atoms with Gasteiger partial charge in [-0.1, -0.05) is 157 Å². The number of benzene rings is 2. The molecule has 14 atom stereocenters. The number of primary amides is 1. The molecule has 0 bridgehead atoms. The average Bonchev–Trinajstić information content (AvgIpc) is 0.845. The summed E-state index contributed by atoms with van der Waals surface area (Å²) < 4.78 is 0. The van der Waals surface area contributed by atoms with Crippen molar-refractivity contribution < 1.29 is 77.0 Å². The van der Waals surface area contributed by atoms with Crippen molar-refractivity contribution in [3.8, 4) is 0 Å². The summed E-state index contributed by atoms with van der Waals surface area (Å²) in [6.07, 6.45) is -1.30. The van der Waals surface area contributed by atoms with Gasteiger partial charge in [0.05, 0.1) is 18.7 Å². The number of carboxylic acids is 1. The number of nitrogens with two attached hydrogens (primary N) is 5. The molecule has 2 aromatic rings. The Morgan fingerprint density at radius 2 is 0.786 bits per heavy atom. The van der Waals surface area contributed by atoms with Crippen LogP contribution in [-0.2, 0) is 84.8 Å². The second-order valence-electron chi connectivity index (χ2n) is 29.6. The number of amides is 14. The lowest BCUT2D eigenvalue weighted by Crippen LogP contribution is -2.63. The topological polar surface area (TPSA) is 587 Å². The van der Waals surface area contributed by atoms with E-state index >= 15 is 0 Å². The molecule has 1 aliphatic heterocycles. The van der Waals surface area contributed by atoms with Gasteiger partial charge in [-0.3, -0.25) is 81.9 Å². The van der Waals surface area contributed by atoms with E-state index < -0.39 is 204 Å². The van der Waals surface area contributed by atoms with Crippen molar-refractivity contribution in [1.82, 2.24) is 69.1 Å². The van der Waals surface area contributed by atoms with E-state index in [0.717, 1.165) is 11.8 Å². The van der Waals surface area contributed by atoms with Gasteiger partial charge < -0.3 is 103 Å². The van der Waals surface area contributed by atoms with Crippen LogP contribution in [-0.4, -0.2) is 209 Å². The number of hydrogen-bond acceptors (Lipinski definition) is 18. The van der Waals surface area contributed by atoms with E-state index in [-0.39, 0.29) is 100 Å². The maximum absolute atomic E-state index is 14.9. The Balaban J connectivity index is 2.37. The number of carboxylic acid groups (broad SMARTS) is 1. The Morgan fingerprint density at radius 3 is 1.21 bits per heavy atom. The van der Waals surface area contributed by atoms with Crippen LogP contribution in [0, 0.1) is 35.5 Å². The van der Waals surface area contributed by atoms with E-state index in [9.17, 15) is 77.0 Å². The van der Waals surface area contributed by atoms with Crippen molar-refractivity contribution in [2.45, 2.75) is 226 Å². The zero-order valence-electron chi connectivity index (χ0n) is 66.2. The summed E-state index contributed by atoms with van der Waals surface area (Å²) in [5, 5.41) is 44.7. The first-order valence-electron chi connectivity index (χ1n) is 37.9. The lowest BCUT2D eigenvalue weighted by Gasteiger charge is -2.32. The van der Waals surface area contributed by atoms with Crippen LogP contribution in [0.4, 0.5) is 0 Å². The number of carbonyl (C=O) groups is 15. The smallest absolute Gasteiger partial charge is 0.305 e. The van der Waals surface area contributed by atoms with Gasteiger partial charge in [-0.25, -0.2) is 0 Å². The van der Waals surface area contributed by atoms with Crippen molar-refractivity contribution in [3.05, 3.63) is 71.8 Å². The molecule has 0 spiro atoms. The van der Waals surface area contributed by atoms with Gasteiger partial charge >= 0.3 is 5.97 Å². The Labute approximate surface area is 658 Å². The zero-order chi connectivity index (χ0) is 84.1. The highest BCUT2D eigenvalue weighted by atomic mass is 32.2. The first-order chi connectivity index (χ1) is 52.7. The third-order valence-corrected chi connectivity index (χ3v) is 19.4. The molecule has 2 aromatic carbocycles. The van der Waals surface area contributed by atoms with E-state index in [1.54, 1.807) is 144 Å². The molecule has 622 valence electrons. The van der Waals surface area contributed by atoms with E-state index in [2.05, 4.69) is 79.1 Å². The number of nitrogens with zero attached hydrogens (tertiary/aromatic N) is 2. The summed E-state index contributed by atoms with van der Waals surface area (Å²) in [4.78, 5) is 223. The predicted octanol–water partition coefficient (Wildman–Crippen LogP) is -2.28. The standard InChI is InChI=1S/C75H120N20O16S/c1-13-43(11)60-72(110)89-49(31-39(3)4)65(103)88-53(35-57(98)99)68(106)86-48(28-22-30-82-75(79)80)64(102)92-58(41(7)8)70(108)90-52(34-46-25-19-16-20-26-46)67(105)85-47(27-21-29-81-74(77)78)63(101)91-54(62(100)83-36-55(76)96)37-112-38-56(97)84-51(33-45-23-17-15-18-24-45)66(104)87-50(32-40(5)6)69(107)94-61(44(12)14-2)73(111)93-59(42(9)10)71(109)95-60/h15-20,23-26,39-44,47-54,58-61H,13-14,21-22,27-38H2,1-12H3,(H2,76,96)(H,83,100)(H,84,97)(H,85,105)(H,86,106)(H,87,104)(H,88,103)(H,89,110)(H,90,108)(H,91,101)(H,92,102)(H,93,111)(H,94,107)(H,95,109)(H,98,99)(H4,77,78,81)(H4,79,80,82). The first-order valence-corrected chi connectivity index (χ1v) is 39.1. The molecule has 0 aliphatic carbocycles. The van der Waals surface area contributed by atoms with Crippen molar-refractivity contribution in [2.75, 3.05) is 31.1 Å². The lowest BCUT2D eigenvalue weighted by atomic mass is 9.94. The minimum Gasteiger partial charge on any atom is -0.481 e. The number of nitrogens with one attached hydrogen (secondary N) is 13. The Kier molecular flexibility index (Phi) is 41.7. The molecule has 0 radical (unpaired) electrons. The molecule has 14 amide bonds. The van der Waals surface area contributed by atoms with Crippen LogP contribution in [0.1, 0.15) is 152 Å². The molecule has 0 aromatic heterocycles. The van der Waals surface area contributed by atoms with Crippen LogP contribution in [0.15, 0.2) is 70.6 Å². The number of aliphatic imine (C=N–C) groups is 2. The van der Waals surface area contributed by atoms with Gasteiger partial charge in [0.2, 0.25) is 82.7 Å². The second-order valence-corrected chi connectivity index (χ2v) is 30.6. The molecule has 3 rings (SSSR count). The molecule has 1 fully saturated rings. The van der Waals surface area contributed by atoms with E-state index in [1.165, 1.54) is 0 Å². The van der Waals surface area contributed by atoms with E-state index in [4.69, 9.17) is 28.7 Å². The predicted molar refractivity (Wildman–Crippen MR) is 423 cm³/mol. The van der Waals surface area contributed by atoms with Crippen LogP contribution in [0.3, 0.4) is 0 Å². The first kappa shape index (κ1) is 95.6. The number of carbonyl (C=O) groups excluding carboxylic acids is 14. The maximum Gasteiger partial charge on any atom is 0.305 e. The van der Waals surface area contributed by atoms with Gasteiger partial charge in [0.25, 0.3) is 0 Å². The molecule has 1 saturated heterocycles. The van der Waals surface area contributed by atoms with Crippen molar-refractivity contribution in [1.29, 1.82) is 0 Å². The van der Waals surface area contributed by atoms with E-state index in [1.807, 2.05) is 0 Å². The summed E-state index contributed by atoms with van der Waals surface area (Å²) >= 11 is 0.819. The fourth-order valence-corrected chi connectivity index (χ4v) is 12.6. The summed E-state index contributed by atoms with van der Waals surface area (Å²) in [7, 11) is 0. The number of thioether (sulfide) groups is 1. The molecule has 37 heteroatoms. The van der Waals surface area contributed by atoms with Crippen LogP contribution in [0.25, 0.3) is 0 Å². The Hall–Kier alpha value is -10.6. The highest BCUT2D eigenvalue weighted by Gasteiger charge is 2.40. The lowest BCUT2D eigenvalue weighted by molar-refractivity contribution is -0.142. The summed E-state index contributed by atoms with van der Waals surface area (Å²) in [5.41, 5.74) is 28.9. The molecule has 1 heterocycles. The van der Waals surface area contributed by atoms with Crippen molar-refractivity contribution in [2.24, 2.45) is 74.2 Å². The molecule has 36 nitrogen and oxygen atoms in total. The van der Waals surface area contributed by atoms with Gasteiger partial charge in [-0.05, 0) is 85.2 Å². The molecule has 112 heavy (non-hydrogen) atoms. The highest BCUT2D eigenvalue weighted by molar-refractivity contribution is 8.00. The molecular weight excluding hydrogens is 1470 g/mol. The molecule has 24 N–H and O–H groups in total. The van der Waals surface area contributed by atoms with Crippen molar-refractivity contribution in [3.63, 3.8) is 0 Å². The molecule has 1 aliphatic rings. The van der Waals surface area contributed by atoms with Gasteiger partial charge in [0.15, 0.2) is 11.9 Å². The summed E-state index contributed by atoms with van der Waals surface area (Å²) in [5.74, 6) is -19.2. The summed E-state index contributed by atoms with van der Waals surface area (Å²) in [6, 6.07) is -1.06. The number of rotatable bonds is 27. The van der Waals surface area contributed by atoms with Crippen LogP contribution >= 0.6 is 11.8 Å². The minimum atomic E-state index is -1.94. The Morgan fingerprint density at radius 1 is 0.446 bits per heavy atom. The highest BCUT2D eigenvalue weighted by Crippen LogP contribution is 2.19. The zero-order valence-corrected chi connectivity index (χ0v) is 67.1. The molecular formula is C75H120N20O16S. The van der Waals surface area contributed by atoms with Gasteiger partial charge in [-0.15, -0.1) is 11.8 Å². The Bertz CT molecular complexity index is 3560. The molecule has 0 saturated carbocycles.